The molecule has 3 atom stereocenters. The number of fused-ring (bicyclic) bond motifs is 2. The highest BCUT2D eigenvalue weighted by molar-refractivity contribution is 8.03. The van der Waals surface area contributed by atoms with Gasteiger partial charge >= 0.3 is 0 Å². The van der Waals surface area contributed by atoms with Gasteiger partial charge in [0.15, 0.2) is 0 Å². The van der Waals surface area contributed by atoms with Crippen molar-refractivity contribution in [2.75, 3.05) is 47.0 Å². The van der Waals surface area contributed by atoms with Gasteiger partial charge in [-0.05, 0) is 35.6 Å². The lowest BCUT2D eigenvalue weighted by Crippen LogP contribution is -2.51. The van der Waals surface area contributed by atoms with Crippen LogP contribution in [-0.2, 0) is 14.3 Å². The molecule has 8 N–H and O–H groups in total. The van der Waals surface area contributed by atoms with Gasteiger partial charge in [-0.2, -0.15) is 5.26 Å². The van der Waals surface area contributed by atoms with Gasteiger partial charge < -0.3 is 46.5 Å². The maximum Gasteiger partial charge on any atom is 0.267 e. The summed E-state index contributed by atoms with van der Waals surface area (Å²) in [5, 5.41) is 35.6. The van der Waals surface area contributed by atoms with Crippen LogP contribution in [0.5, 0.6) is 0 Å². The lowest BCUT2D eigenvalue weighted by atomic mass is 9.80. The van der Waals surface area contributed by atoms with E-state index in [9.17, 15) is 15.2 Å². The number of likely N-dealkylation sites (tertiary alicyclic amines) is 1. The standard InChI is InChI=1S/C30H36FN9O4S.C4H10.C2H6/c1-14-7-8-40(11-14)30-37-24-23(28(38-30)36-10-21(34)39(3)29(42)27(35)41)19-13-44-12-18(19)22(25(24)43-4)16-5-6-20(31)26(17(16)9-32)45-15(2)33;1-3-4-2;1-2/h5-6,14,24,29,34,36,42H,2,7-8,10-13,33H2,1,3-4H3,(H2,35,41)(H,37,38);3-4H2,1-2H3;1-2H3. The minimum Gasteiger partial charge on any atom is -0.498 e. The van der Waals surface area contributed by atoms with Crippen molar-refractivity contribution in [3.05, 3.63) is 69.0 Å². The molecule has 1 fully saturated rings. The smallest absolute Gasteiger partial charge is 0.267 e. The second-order valence-corrected chi connectivity index (χ2v) is 13.3. The molecule has 1 aromatic rings. The van der Waals surface area contributed by atoms with E-state index in [2.05, 4.69) is 49.0 Å². The summed E-state index contributed by atoms with van der Waals surface area (Å²) in [6.07, 6.45) is 1.97. The summed E-state index contributed by atoms with van der Waals surface area (Å²) in [6, 6.07) is 4.32. The number of hydrogen-bond donors (Lipinski definition) is 6. The quantitative estimate of drug-likeness (QED) is 0.0885. The van der Waals surface area contributed by atoms with Crippen molar-refractivity contribution in [3.8, 4) is 6.07 Å². The number of likely N-dealkylation sites (N-methyl/N-ethyl adjacent to an activating group) is 1. The van der Waals surface area contributed by atoms with E-state index in [1.807, 2.05) is 13.8 Å². The number of aliphatic hydroxyl groups is 1. The van der Waals surface area contributed by atoms with E-state index in [0.29, 0.717) is 34.6 Å². The molecule has 1 amide bonds. The Morgan fingerprint density at radius 1 is 1.33 bits per heavy atom. The monoisotopic (exact) mass is 725 g/mol. The average molecular weight is 726 g/mol. The van der Waals surface area contributed by atoms with Gasteiger partial charge in [-0.1, -0.05) is 65.8 Å². The topological polar surface area (TPSA) is 198 Å². The van der Waals surface area contributed by atoms with Crippen molar-refractivity contribution in [3.63, 3.8) is 0 Å². The van der Waals surface area contributed by atoms with E-state index in [4.69, 9.17) is 31.3 Å². The van der Waals surface area contributed by atoms with Crippen molar-refractivity contribution in [2.24, 2.45) is 22.4 Å². The van der Waals surface area contributed by atoms with Crippen LogP contribution in [0.4, 0.5) is 4.39 Å². The van der Waals surface area contributed by atoms with E-state index in [1.165, 1.54) is 33.1 Å². The first kappa shape index (κ1) is 40.9. The molecular formula is C36H52FN9O4S. The summed E-state index contributed by atoms with van der Waals surface area (Å²) in [6.45, 7) is 16.1. The fourth-order valence-electron chi connectivity index (χ4n) is 5.90. The molecule has 15 heteroatoms. The maximum atomic E-state index is 15.0. The van der Waals surface area contributed by atoms with Gasteiger partial charge in [-0.15, -0.1) is 0 Å². The van der Waals surface area contributed by atoms with Gasteiger partial charge in [0, 0.05) is 36.8 Å². The highest BCUT2D eigenvalue weighted by Crippen LogP contribution is 2.47. The summed E-state index contributed by atoms with van der Waals surface area (Å²) in [4.78, 5) is 19.9. The lowest BCUT2D eigenvalue weighted by molar-refractivity contribution is -0.131. The molecule has 13 nitrogen and oxygen atoms in total. The van der Waals surface area contributed by atoms with Gasteiger partial charge in [0.2, 0.25) is 12.2 Å². The van der Waals surface area contributed by atoms with Crippen LogP contribution in [-0.4, -0.2) is 91.9 Å². The molecule has 5 rings (SSSR count). The van der Waals surface area contributed by atoms with Gasteiger partial charge in [0.1, 0.15) is 35.3 Å². The number of nitrogens with zero attached hydrogens (tertiary/aromatic N) is 4. The molecule has 1 aliphatic carbocycles. The summed E-state index contributed by atoms with van der Waals surface area (Å²) < 4.78 is 27.0. The Kier molecular flexibility index (Phi) is 15.0. The zero-order valence-electron chi connectivity index (χ0n) is 30.7. The Morgan fingerprint density at radius 3 is 2.55 bits per heavy atom. The van der Waals surface area contributed by atoms with Crippen LogP contribution in [0.1, 0.15) is 65.0 Å². The number of benzene rings is 1. The Balaban J connectivity index is 0.00000109. The first-order valence-electron chi connectivity index (χ1n) is 17.2. The van der Waals surface area contributed by atoms with Gasteiger partial charge in [-0.25, -0.2) is 9.38 Å². The Morgan fingerprint density at radius 2 is 2.00 bits per heavy atom. The molecule has 1 aromatic carbocycles. The molecule has 51 heavy (non-hydrogen) atoms. The van der Waals surface area contributed by atoms with Crippen LogP contribution >= 0.6 is 11.8 Å². The van der Waals surface area contributed by atoms with Crippen LogP contribution < -0.4 is 22.1 Å². The first-order valence-corrected chi connectivity index (χ1v) is 18.0. The number of ether oxygens (including phenoxy) is 2. The van der Waals surface area contributed by atoms with E-state index in [0.717, 1.165) is 52.9 Å². The molecule has 278 valence electrons. The van der Waals surface area contributed by atoms with Crippen molar-refractivity contribution < 1.29 is 23.8 Å². The van der Waals surface area contributed by atoms with E-state index in [1.54, 1.807) is 6.07 Å². The van der Waals surface area contributed by atoms with Crippen LogP contribution in [0.15, 0.2) is 61.9 Å². The molecule has 0 saturated carbocycles. The minimum absolute atomic E-state index is 0.0640. The molecule has 1 saturated heterocycles. The number of hydrogen-bond acceptors (Lipinski definition) is 12. The highest BCUT2D eigenvalue weighted by atomic mass is 32.2. The summed E-state index contributed by atoms with van der Waals surface area (Å²) >= 11 is 0.885. The number of primary amides is 1. The van der Waals surface area contributed by atoms with Gasteiger partial charge in [0.05, 0.1) is 42.4 Å². The average Bonchev–Trinajstić information content (AvgIpc) is 3.80. The predicted octanol–water partition coefficient (Wildman–Crippen LogP) is 3.93. The van der Waals surface area contributed by atoms with Crippen LogP contribution in [0, 0.1) is 28.5 Å². The lowest BCUT2D eigenvalue weighted by Gasteiger charge is -2.37. The number of nitrogens with two attached hydrogens (primary N) is 2. The minimum atomic E-state index is -1.66. The molecule has 3 unspecified atom stereocenters. The number of halogens is 1. The number of amides is 1. The Bertz CT molecular complexity index is 1660. The van der Waals surface area contributed by atoms with Crippen molar-refractivity contribution in [1.82, 2.24) is 20.4 Å². The third-order valence-corrected chi connectivity index (χ3v) is 9.52. The van der Waals surface area contributed by atoms with E-state index < -0.39 is 24.0 Å². The number of carbonyl (C=O) groups excluding carboxylic acids is 1. The number of amidine groups is 1. The zero-order valence-corrected chi connectivity index (χ0v) is 31.5. The number of nitriles is 1. The highest BCUT2D eigenvalue weighted by Gasteiger charge is 2.43. The number of carbonyl (C=O) groups is 1. The zero-order chi connectivity index (χ0) is 38.0. The number of rotatable bonds is 10. The fourth-order valence-corrected chi connectivity index (χ4v) is 6.58. The SMILES string of the molecule is C=C(N)Sc1c(F)ccc(C2=C(OC)C3N=C(N4CCC(C)C4)NC(NCC(=N)N(C)C(O)C(N)=O)=C3C3=C2COC3)c1C#N.CC.CCCC. The number of thioether (sulfide) groups is 1. The Labute approximate surface area is 304 Å². The first-order chi connectivity index (χ1) is 24.4. The van der Waals surface area contributed by atoms with Crippen molar-refractivity contribution in [2.45, 2.75) is 71.0 Å². The molecule has 0 spiro atoms. The van der Waals surface area contributed by atoms with Crippen LogP contribution in [0.3, 0.4) is 0 Å². The molecule has 3 heterocycles. The predicted molar refractivity (Wildman–Crippen MR) is 199 cm³/mol. The molecular weight excluding hydrogens is 674 g/mol. The van der Waals surface area contributed by atoms with Gasteiger partial charge in [-0.3, -0.25) is 10.2 Å². The molecule has 3 aliphatic heterocycles. The second-order valence-electron chi connectivity index (χ2n) is 12.2. The maximum absolute atomic E-state index is 15.0. The second kappa shape index (κ2) is 18.6. The van der Waals surface area contributed by atoms with Crippen LogP contribution in [0.25, 0.3) is 5.57 Å². The molecule has 4 aliphatic rings. The number of methoxy groups -OCH3 is 1. The molecule has 0 aromatic heterocycles. The third-order valence-electron chi connectivity index (χ3n) is 8.66. The van der Waals surface area contributed by atoms with Gasteiger partial charge in [0.25, 0.3) is 5.91 Å². The molecule has 0 bridgehead atoms. The number of aliphatic imine (C=N–C) groups is 1. The van der Waals surface area contributed by atoms with Crippen LogP contribution in [0.2, 0.25) is 0 Å². The number of aliphatic hydroxyl groups excluding tert-OH is 1. The fraction of sp³-hybridized carbons (Fsp3) is 0.500. The summed E-state index contributed by atoms with van der Waals surface area (Å²) in [5.41, 5.74) is 14.5. The molecule has 0 radical (unpaired) electrons. The van der Waals surface area contributed by atoms with E-state index in [-0.39, 0.29) is 41.1 Å². The number of nitrogens with one attached hydrogen (secondary N) is 3. The summed E-state index contributed by atoms with van der Waals surface area (Å²) in [5.74, 6) is 0.403. The normalized spacial score (nSPS) is 19.6. The van der Waals surface area contributed by atoms with E-state index >= 15 is 4.39 Å². The third kappa shape index (κ3) is 9.05. The largest absolute Gasteiger partial charge is 0.498 e. The summed E-state index contributed by atoms with van der Waals surface area (Å²) in [7, 11) is 2.93. The number of guanidine groups is 1. The van der Waals surface area contributed by atoms with Crippen molar-refractivity contribution in [1.29, 1.82) is 10.7 Å². The van der Waals surface area contributed by atoms with Crippen molar-refractivity contribution >= 4 is 35.0 Å². The number of unbranched alkanes of at least 4 members (excludes halogenated alkanes) is 1. The Hall–Kier alpha value is -4.52.